The van der Waals surface area contributed by atoms with E-state index in [9.17, 15) is 0 Å². The van der Waals surface area contributed by atoms with E-state index in [1.807, 2.05) is 0 Å². The van der Waals surface area contributed by atoms with Crippen LogP contribution in [0.2, 0.25) is 0 Å². The van der Waals surface area contributed by atoms with Gasteiger partial charge in [-0.25, -0.2) is 0 Å². The normalized spacial score (nSPS) is 11.3. The summed E-state index contributed by atoms with van der Waals surface area (Å²) >= 11 is 0. The van der Waals surface area contributed by atoms with Gasteiger partial charge in [-0.05, 0) is 71.7 Å². The maximum atomic E-state index is 2.28. The fraction of sp³-hybridized carbons (Fsp3) is 0.0303. The highest BCUT2D eigenvalue weighted by Crippen LogP contribution is 2.34. The fourth-order valence-corrected chi connectivity index (χ4v) is 4.17. The average molecular weight is 438 g/mol. The van der Waals surface area contributed by atoms with E-state index in [2.05, 4.69) is 157 Å². The minimum Gasteiger partial charge on any atom is -0.311 e. The molecule has 0 bridgehead atoms. The monoisotopic (exact) mass is 437 g/mol. The molecule has 0 spiro atoms. The second-order valence-electron chi connectivity index (χ2n) is 8.39. The lowest BCUT2D eigenvalue weighted by molar-refractivity contribution is 1.28. The molecule has 5 aromatic rings. The van der Waals surface area contributed by atoms with Crippen LogP contribution < -0.4 is 4.90 Å². The number of para-hydroxylation sites is 2. The van der Waals surface area contributed by atoms with Crippen LogP contribution in [0.5, 0.6) is 0 Å². The molecule has 0 heterocycles. The molecule has 0 fully saturated rings. The lowest BCUT2D eigenvalue weighted by Gasteiger charge is -2.25. The van der Waals surface area contributed by atoms with Crippen molar-refractivity contribution in [1.29, 1.82) is 0 Å². The van der Waals surface area contributed by atoms with Crippen molar-refractivity contribution in [2.75, 3.05) is 4.90 Å². The van der Waals surface area contributed by atoms with Crippen molar-refractivity contribution in [2.24, 2.45) is 0 Å². The first-order chi connectivity index (χ1) is 16.8. The number of hydrogen-bond donors (Lipinski definition) is 0. The molecule has 0 radical (unpaired) electrons. The van der Waals surface area contributed by atoms with Crippen molar-refractivity contribution in [3.05, 3.63) is 162 Å². The van der Waals surface area contributed by atoms with Gasteiger partial charge < -0.3 is 4.90 Å². The summed E-state index contributed by atoms with van der Waals surface area (Å²) in [5, 5.41) is 0. The Hall–Kier alpha value is -4.36. The zero-order valence-corrected chi connectivity index (χ0v) is 19.3. The second kappa shape index (κ2) is 10.1. The van der Waals surface area contributed by atoms with Crippen LogP contribution in [0.1, 0.15) is 22.3 Å². The van der Waals surface area contributed by atoms with E-state index >= 15 is 0 Å². The lowest BCUT2D eigenvalue weighted by Crippen LogP contribution is -2.09. The predicted octanol–water partition coefficient (Wildman–Crippen LogP) is 9.05. The Labute approximate surface area is 202 Å². The van der Waals surface area contributed by atoms with Crippen molar-refractivity contribution in [1.82, 2.24) is 0 Å². The summed E-state index contributed by atoms with van der Waals surface area (Å²) in [5.41, 5.74) is 9.50. The molecular formula is C33H27N. The quantitative estimate of drug-likeness (QED) is 0.239. The molecule has 0 aliphatic rings. The zero-order valence-electron chi connectivity index (χ0n) is 19.3. The van der Waals surface area contributed by atoms with Crippen LogP contribution in [0.15, 0.2) is 140 Å². The number of nitrogens with zero attached hydrogens (tertiary/aromatic N) is 1. The lowest BCUT2D eigenvalue weighted by atomic mass is 9.95. The number of rotatable bonds is 6. The standard InChI is InChI=1S/C33H27N/c1-26-17-21-29(22-18-26)33(28-11-5-2-6-12-28)25-27-19-23-32(24-20-27)34(30-13-7-3-8-14-30)31-15-9-4-10-16-31/h2-25H,1H3/b33-25+. The number of benzene rings is 5. The van der Waals surface area contributed by atoms with E-state index < -0.39 is 0 Å². The highest BCUT2D eigenvalue weighted by atomic mass is 15.1. The highest BCUT2D eigenvalue weighted by molar-refractivity contribution is 5.91. The first kappa shape index (κ1) is 21.5. The molecule has 34 heavy (non-hydrogen) atoms. The Morgan fingerprint density at radius 3 is 1.44 bits per heavy atom. The van der Waals surface area contributed by atoms with Crippen LogP contribution in [0.25, 0.3) is 11.6 Å². The minimum atomic E-state index is 1.13. The Morgan fingerprint density at radius 2 is 0.912 bits per heavy atom. The molecule has 0 aliphatic heterocycles. The van der Waals surface area contributed by atoms with E-state index in [0.29, 0.717) is 0 Å². The predicted molar refractivity (Wildman–Crippen MR) is 146 cm³/mol. The van der Waals surface area contributed by atoms with Gasteiger partial charge >= 0.3 is 0 Å². The van der Waals surface area contributed by atoms with E-state index in [-0.39, 0.29) is 0 Å². The van der Waals surface area contributed by atoms with Gasteiger partial charge in [-0.15, -0.1) is 0 Å². The van der Waals surface area contributed by atoms with Crippen LogP contribution in [-0.2, 0) is 0 Å². The van der Waals surface area contributed by atoms with Gasteiger partial charge in [0.15, 0.2) is 0 Å². The van der Waals surface area contributed by atoms with Gasteiger partial charge in [0.25, 0.3) is 0 Å². The van der Waals surface area contributed by atoms with Crippen molar-refractivity contribution in [2.45, 2.75) is 6.92 Å². The minimum absolute atomic E-state index is 1.13. The Kier molecular flexibility index (Phi) is 6.36. The van der Waals surface area contributed by atoms with Gasteiger partial charge in [0, 0.05) is 17.1 Å². The number of aryl methyl sites for hydroxylation is 1. The van der Waals surface area contributed by atoms with Gasteiger partial charge in [-0.3, -0.25) is 0 Å². The number of hydrogen-bond acceptors (Lipinski definition) is 1. The molecule has 0 N–H and O–H groups in total. The van der Waals surface area contributed by atoms with Gasteiger partial charge in [-0.2, -0.15) is 0 Å². The first-order valence-corrected chi connectivity index (χ1v) is 11.6. The van der Waals surface area contributed by atoms with E-state index in [0.717, 1.165) is 17.1 Å². The molecule has 0 saturated carbocycles. The SMILES string of the molecule is Cc1ccc(/C(=C/c2ccc(N(c3ccccc3)c3ccccc3)cc2)c2ccccc2)cc1. The Morgan fingerprint density at radius 1 is 0.471 bits per heavy atom. The second-order valence-corrected chi connectivity index (χ2v) is 8.39. The van der Waals surface area contributed by atoms with Gasteiger partial charge in [0.1, 0.15) is 0 Å². The molecule has 0 unspecified atom stereocenters. The third kappa shape index (κ3) is 4.84. The molecule has 1 nitrogen and oxygen atoms in total. The van der Waals surface area contributed by atoms with E-state index in [1.165, 1.54) is 27.8 Å². The van der Waals surface area contributed by atoms with Crippen molar-refractivity contribution in [3.63, 3.8) is 0 Å². The van der Waals surface area contributed by atoms with Crippen LogP contribution in [-0.4, -0.2) is 0 Å². The summed E-state index contributed by atoms with van der Waals surface area (Å²) in [6.07, 6.45) is 2.28. The van der Waals surface area contributed by atoms with Gasteiger partial charge in [0.2, 0.25) is 0 Å². The summed E-state index contributed by atoms with van der Waals surface area (Å²) < 4.78 is 0. The molecule has 5 rings (SSSR count). The van der Waals surface area contributed by atoms with E-state index in [4.69, 9.17) is 0 Å². The zero-order chi connectivity index (χ0) is 23.2. The van der Waals surface area contributed by atoms with Crippen LogP contribution in [0.3, 0.4) is 0 Å². The van der Waals surface area contributed by atoms with Crippen molar-refractivity contribution >= 4 is 28.7 Å². The molecule has 0 saturated heterocycles. The summed E-state index contributed by atoms with van der Waals surface area (Å²) in [6, 6.07) is 49.1. The molecular weight excluding hydrogens is 410 g/mol. The number of anilines is 3. The molecule has 0 aliphatic carbocycles. The Bertz CT molecular complexity index is 1310. The Balaban J connectivity index is 1.54. The van der Waals surface area contributed by atoms with E-state index in [1.54, 1.807) is 0 Å². The maximum Gasteiger partial charge on any atom is 0.0462 e. The summed E-state index contributed by atoms with van der Waals surface area (Å²) in [7, 11) is 0. The molecule has 0 atom stereocenters. The van der Waals surface area contributed by atoms with Crippen molar-refractivity contribution in [3.8, 4) is 0 Å². The largest absolute Gasteiger partial charge is 0.311 e. The highest BCUT2D eigenvalue weighted by Gasteiger charge is 2.12. The van der Waals surface area contributed by atoms with Crippen molar-refractivity contribution < 1.29 is 0 Å². The summed E-state index contributed by atoms with van der Waals surface area (Å²) in [5.74, 6) is 0. The van der Waals surface area contributed by atoms with Crippen LogP contribution in [0, 0.1) is 6.92 Å². The third-order valence-electron chi connectivity index (χ3n) is 5.94. The molecule has 0 amide bonds. The van der Waals surface area contributed by atoms with Crippen LogP contribution in [0.4, 0.5) is 17.1 Å². The van der Waals surface area contributed by atoms with Crippen LogP contribution >= 0.6 is 0 Å². The first-order valence-electron chi connectivity index (χ1n) is 11.6. The molecule has 164 valence electrons. The summed E-state index contributed by atoms with van der Waals surface area (Å²) in [6.45, 7) is 2.12. The summed E-state index contributed by atoms with van der Waals surface area (Å²) in [4.78, 5) is 2.28. The molecule has 0 aromatic heterocycles. The van der Waals surface area contributed by atoms with Gasteiger partial charge in [0.05, 0.1) is 0 Å². The molecule has 5 aromatic carbocycles. The topological polar surface area (TPSA) is 3.24 Å². The van der Waals surface area contributed by atoms with Gasteiger partial charge in [-0.1, -0.05) is 109 Å². The molecule has 1 heteroatoms. The third-order valence-corrected chi connectivity index (χ3v) is 5.94. The smallest absolute Gasteiger partial charge is 0.0462 e. The fourth-order valence-electron chi connectivity index (χ4n) is 4.17. The average Bonchev–Trinajstić information content (AvgIpc) is 2.91. The maximum absolute atomic E-state index is 2.28.